The van der Waals surface area contributed by atoms with Crippen molar-refractivity contribution >= 4 is 21.1 Å². The fourth-order valence-electron chi connectivity index (χ4n) is 5.99. The maximum atomic E-state index is 13.6. The molecule has 8 nitrogen and oxygen atoms in total. The fourth-order valence-corrected chi connectivity index (χ4v) is 7.34. The first-order chi connectivity index (χ1) is 17.8. The lowest BCUT2D eigenvalue weighted by Crippen LogP contribution is -2.53. The Morgan fingerprint density at radius 1 is 1.03 bits per heavy atom. The lowest BCUT2D eigenvalue weighted by molar-refractivity contribution is -0.0314. The third-order valence-corrected chi connectivity index (χ3v) is 9.92. The van der Waals surface area contributed by atoms with Crippen molar-refractivity contribution in [3.8, 4) is 11.1 Å². The zero-order chi connectivity index (χ0) is 25.6. The minimum atomic E-state index is -3.80. The molecule has 37 heavy (non-hydrogen) atoms. The molecule has 3 aromatic heterocycles. The largest absolute Gasteiger partial charge is 0.379 e. The summed E-state index contributed by atoms with van der Waals surface area (Å²) in [6, 6.07) is 10.7. The van der Waals surface area contributed by atoms with Crippen molar-refractivity contribution in [3.05, 3.63) is 66.7 Å². The lowest BCUT2D eigenvalue weighted by Gasteiger charge is -2.47. The zero-order valence-corrected chi connectivity index (χ0v) is 22.2. The van der Waals surface area contributed by atoms with Gasteiger partial charge in [-0.3, -0.25) is 9.58 Å². The highest BCUT2D eigenvalue weighted by Crippen LogP contribution is 2.42. The average molecular weight is 520 g/mol. The molecule has 0 unspecified atom stereocenters. The molecule has 0 amide bonds. The molecular weight excluding hydrogens is 486 g/mol. The van der Waals surface area contributed by atoms with Crippen LogP contribution in [-0.2, 0) is 21.8 Å². The number of morpholine rings is 1. The number of pyridine rings is 1. The van der Waals surface area contributed by atoms with E-state index >= 15 is 0 Å². The molecule has 2 fully saturated rings. The first kappa shape index (κ1) is 24.3. The number of ether oxygens (including phenoxy) is 1. The second-order valence-corrected chi connectivity index (χ2v) is 12.4. The highest BCUT2D eigenvalue weighted by molar-refractivity contribution is 7.90. The molecule has 4 heterocycles. The van der Waals surface area contributed by atoms with Gasteiger partial charge in [-0.25, -0.2) is 17.4 Å². The summed E-state index contributed by atoms with van der Waals surface area (Å²) in [5.74, 6) is 0.404. The first-order valence-electron chi connectivity index (χ1n) is 13.0. The number of rotatable bonds is 5. The Morgan fingerprint density at radius 2 is 1.76 bits per heavy atom. The molecule has 9 heteroatoms. The van der Waals surface area contributed by atoms with Crippen LogP contribution >= 0.6 is 0 Å². The average Bonchev–Trinajstić information content (AvgIpc) is 3.53. The van der Waals surface area contributed by atoms with Gasteiger partial charge in [-0.2, -0.15) is 5.10 Å². The number of fused-ring (bicyclic) bond motifs is 1. The van der Waals surface area contributed by atoms with E-state index in [1.54, 1.807) is 41.3 Å². The number of aryl methyl sites for hydroxylation is 1. The van der Waals surface area contributed by atoms with Gasteiger partial charge in [-0.15, -0.1) is 0 Å². The summed E-state index contributed by atoms with van der Waals surface area (Å²) in [6.07, 6.45) is 11.7. The summed E-state index contributed by atoms with van der Waals surface area (Å²) in [4.78, 5) is 7.60. The van der Waals surface area contributed by atoms with Crippen LogP contribution in [0, 0.1) is 0 Å². The van der Waals surface area contributed by atoms with Gasteiger partial charge in [0, 0.05) is 60.8 Å². The zero-order valence-electron chi connectivity index (χ0n) is 21.4. The summed E-state index contributed by atoms with van der Waals surface area (Å²) in [5, 5.41) is 5.17. The van der Waals surface area contributed by atoms with Gasteiger partial charge in [-0.05, 0) is 62.3 Å². The third kappa shape index (κ3) is 4.39. The highest BCUT2D eigenvalue weighted by Gasteiger charge is 2.37. The molecule has 6 rings (SSSR count). The van der Waals surface area contributed by atoms with Crippen LogP contribution in [0.1, 0.15) is 44.1 Å². The van der Waals surface area contributed by atoms with E-state index in [0.29, 0.717) is 11.6 Å². The molecule has 4 aromatic rings. The number of hydrogen-bond donors (Lipinski definition) is 0. The highest BCUT2D eigenvalue weighted by atomic mass is 32.2. The normalized spacial score (nSPS) is 23.5. The monoisotopic (exact) mass is 519 g/mol. The topological polar surface area (TPSA) is 82.2 Å². The molecule has 194 valence electrons. The molecule has 1 aliphatic carbocycles. The van der Waals surface area contributed by atoms with E-state index < -0.39 is 10.0 Å². The maximum absolute atomic E-state index is 13.6. The third-order valence-electron chi connectivity index (χ3n) is 8.26. The number of hydrogen-bond acceptors (Lipinski definition) is 6. The molecule has 0 spiro atoms. The van der Waals surface area contributed by atoms with Crippen LogP contribution in [0.2, 0.25) is 0 Å². The van der Waals surface area contributed by atoms with Gasteiger partial charge in [0.05, 0.1) is 24.3 Å². The molecule has 0 radical (unpaired) electrons. The smallest absolute Gasteiger partial charge is 0.269 e. The van der Waals surface area contributed by atoms with Gasteiger partial charge >= 0.3 is 0 Å². The van der Waals surface area contributed by atoms with Crippen LogP contribution in [0.4, 0.5) is 0 Å². The van der Waals surface area contributed by atoms with Gasteiger partial charge < -0.3 is 4.74 Å². The predicted molar refractivity (Wildman–Crippen MR) is 143 cm³/mol. The van der Waals surface area contributed by atoms with E-state index in [2.05, 4.69) is 23.0 Å². The molecule has 1 aliphatic heterocycles. The van der Waals surface area contributed by atoms with Crippen LogP contribution in [-0.4, -0.2) is 63.9 Å². The molecule has 1 saturated heterocycles. The minimum absolute atomic E-state index is 0.214. The van der Waals surface area contributed by atoms with Gasteiger partial charge in [0.1, 0.15) is 0 Å². The Hall–Kier alpha value is -3.01. The SMILES string of the molecule is Cn1cc(-c2cn(S(=O)(=O)c3ccccc3)c3ncc([C@H]4CC[C@@](C)(N5CCOCC5)CC4)cc23)cn1. The van der Waals surface area contributed by atoms with E-state index in [4.69, 9.17) is 9.72 Å². The van der Waals surface area contributed by atoms with Crippen LogP contribution in [0.5, 0.6) is 0 Å². The lowest BCUT2D eigenvalue weighted by atomic mass is 9.74. The van der Waals surface area contributed by atoms with Crippen molar-refractivity contribution in [2.75, 3.05) is 26.3 Å². The molecule has 1 aromatic carbocycles. The van der Waals surface area contributed by atoms with Crippen LogP contribution in [0.15, 0.2) is 66.1 Å². The summed E-state index contributed by atoms with van der Waals surface area (Å²) in [7, 11) is -1.94. The molecule has 1 saturated carbocycles. The van der Waals surface area contributed by atoms with Crippen molar-refractivity contribution in [1.29, 1.82) is 0 Å². The number of aromatic nitrogens is 4. The van der Waals surface area contributed by atoms with Crippen LogP contribution < -0.4 is 0 Å². The fraction of sp³-hybridized carbons (Fsp3) is 0.429. The Morgan fingerprint density at radius 3 is 2.43 bits per heavy atom. The van der Waals surface area contributed by atoms with E-state index in [-0.39, 0.29) is 10.4 Å². The van der Waals surface area contributed by atoms with Gasteiger partial charge in [0.2, 0.25) is 0 Å². The van der Waals surface area contributed by atoms with Gasteiger partial charge in [0.25, 0.3) is 10.0 Å². The molecule has 0 N–H and O–H groups in total. The number of benzene rings is 1. The Kier molecular flexibility index (Phi) is 6.17. The summed E-state index contributed by atoms with van der Waals surface area (Å²) in [5.41, 5.74) is 3.53. The van der Waals surface area contributed by atoms with E-state index in [0.717, 1.165) is 68.5 Å². The predicted octanol–water partition coefficient (Wildman–Crippen LogP) is 4.42. The van der Waals surface area contributed by atoms with E-state index in [1.165, 1.54) is 9.54 Å². The second kappa shape index (κ2) is 9.38. The minimum Gasteiger partial charge on any atom is -0.379 e. The van der Waals surface area contributed by atoms with Gasteiger partial charge in [0.15, 0.2) is 5.65 Å². The quantitative estimate of drug-likeness (QED) is 0.388. The van der Waals surface area contributed by atoms with Crippen LogP contribution in [0.25, 0.3) is 22.2 Å². The van der Waals surface area contributed by atoms with Crippen LogP contribution in [0.3, 0.4) is 0 Å². The van der Waals surface area contributed by atoms with Crippen molar-refractivity contribution < 1.29 is 13.2 Å². The maximum Gasteiger partial charge on any atom is 0.269 e. The Balaban J connectivity index is 1.37. The molecule has 0 atom stereocenters. The van der Waals surface area contributed by atoms with Crippen molar-refractivity contribution in [2.45, 2.75) is 49.0 Å². The number of nitrogens with zero attached hydrogens (tertiary/aromatic N) is 5. The van der Waals surface area contributed by atoms with Crippen molar-refractivity contribution in [3.63, 3.8) is 0 Å². The van der Waals surface area contributed by atoms with Crippen molar-refractivity contribution in [1.82, 2.24) is 23.6 Å². The second-order valence-electron chi connectivity index (χ2n) is 10.6. The molecule has 0 bridgehead atoms. The summed E-state index contributed by atoms with van der Waals surface area (Å²) in [6.45, 7) is 6.05. The van der Waals surface area contributed by atoms with Gasteiger partial charge in [-0.1, -0.05) is 18.2 Å². The Bertz CT molecular complexity index is 1510. The Labute approximate surface area is 217 Å². The first-order valence-corrected chi connectivity index (χ1v) is 14.4. The van der Waals surface area contributed by atoms with E-state index in [1.807, 2.05) is 25.5 Å². The molecular formula is C28H33N5O3S. The summed E-state index contributed by atoms with van der Waals surface area (Å²) < 4.78 is 35.8. The van der Waals surface area contributed by atoms with E-state index in [9.17, 15) is 8.42 Å². The molecule has 2 aliphatic rings. The van der Waals surface area contributed by atoms with Crippen molar-refractivity contribution in [2.24, 2.45) is 7.05 Å². The summed E-state index contributed by atoms with van der Waals surface area (Å²) >= 11 is 0. The standard InChI is InChI=1S/C28H33N5O3S/c1-28(32-12-14-36-15-13-32)10-8-21(9-11-28)22-16-25-26(23-18-30-31(2)19-23)20-33(27(25)29-17-22)37(34,35)24-6-4-3-5-7-24/h3-7,16-21H,8-15H2,1-2H3/t21-,28+.